The van der Waals surface area contributed by atoms with Crippen molar-refractivity contribution >= 4 is 0 Å². The van der Waals surface area contributed by atoms with Crippen molar-refractivity contribution < 1.29 is 4.74 Å². The van der Waals surface area contributed by atoms with Crippen LogP contribution in [-0.4, -0.2) is 25.8 Å². The van der Waals surface area contributed by atoms with Crippen LogP contribution in [-0.2, 0) is 4.74 Å². The van der Waals surface area contributed by atoms with E-state index >= 15 is 0 Å². The summed E-state index contributed by atoms with van der Waals surface area (Å²) in [6, 6.07) is 2.36. The van der Waals surface area contributed by atoms with Gasteiger partial charge in [0.25, 0.3) is 0 Å². The van der Waals surface area contributed by atoms with E-state index in [0.29, 0.717) is 12.5 Å². The SMILES string of the molecule is CCC(C#N)(NCCOC)C(C)C. The summed E-state index contributed by atoms with van der Waals surface area (Å²) in [5.41, 5.74) is -0.390. The third-order valence-electron chi connectivity index (χ3n) is 2.49. The summed E-state index contributed by atoms with van der Waals surface area (Å²) in [4.78, 5) is 0. The zero-order chi connectivity index (χ0) is 10.3. The van der Waals surface area contributed by atoms with Gasteiger partial charge >= 0.3 is 0 Å². The summed E-state index contributed by atoms with van der Waals surface area (Å²) >= 11 is 0. The first kappa shape index (κ1) is 12.4. The molecular formula is C10H20N2O. The van der Waals surface area contributed by atoms with Gasteiger partial charge < -0.3 is 4.74 Å². The van der Waals surface area contributed by atoms with Gasteiger partial charge in [0.15, 0.2) is 0 Å². The number of rotatable bonds is 6. The zero-order valence-corrected chi connectivity index (χ0v) is 9.05. The second kappa shape index (κ2) is 5.95. The maximum absolute atomic E-state index is 9.09. The highest BCUT2D eigenvalue weighted by molar-refractivity contribution is 5.08. The van der Waals surface area contributed by atoms with Crippen LogP contribution >= 0.6 is 0 Å². The van der Waals surface area contributed by atoms with Crippen molar-refractivity contribution in [1.29, 1.82) is 5.26 Å². The fourth-order valence-corrected chi connectivity index (χ4v) is 1.36. The average Bonchev–Trinajstić information content (AvgIpc) is 2.13. The molecule has 13 heavy (non-hydrogen) atoms. The molecule has 0 spiro atoms. The van der Waals surface area contributed by atoms with Crippen molar-refractivity contribution in [1.82, 2.24) is 5.32 Å². The number of nitrogens with one attached hydrogen (secondary N) is 1. The molecule has 0 rings (SSSR count). The Balaban J connectivity index is 4.17. The molecule has 0 bridgehead atoms. The molecule has 1 N–H and O–H groups in total. The Morgan fingerprint density at radius 2 is 2.15 bits per heavy atom. The molecule has 0 aliphatic carbocycles. The highest BCUT2D eigenvalue weighted by Crippen LogP contribution is 2.19. The normalized spacial score (nSPS) is 15.4. The molecule has 0 aromatic heterocycles. The Kier molecular flexibility index (Phi) is 5.68. The van der Waals surface area contributed by atoms with E-state index in [9.17, 15) is 0 Å². The lowest BCUT2D eigenvalue weighted by Gasteiger charge is -2.30. The summed E-state index contributed by atoms with van der Waals surface area (Å²) in [5.74, 6) is 0.319. The standard InChI is InChI=1S/C10H20N2O/c1-5-10(8-11,9(2)3)12-6-7-13-4/h9,12H,5-7H2,1-4H3. The third kappa shape index (κ3) is 3.33. The van der Waals surface area contributed by atoms with Crippen LogP contribution in [0.25, 0.3) is 0 Å². The maximum Gasteiger partial charge on any atom is 0.108 e. The first-order valence-corrected chi connectivity index (χ1v) is 4.78. The largest absolute Gasteiger partial charge is 0.383 e. The predicted molar refractivity (Wildman–Crippen MR) is 53.4 cm³/mol. The lowest BCUT2D eigenvalue weighted by atomic mass is 9.85. The van der Waals surface area contributed by atoms with Crippen molar-refractivity contribution in [3.8, 4) is 6.07 Å². The van der Waals surface area contributed by atoms with Crippen LogP contribution in [0.4, 0.5) is 0 Å². The van der Waals surface area contributed by atoms with E-state index in [4.69, 9.17) is 10.00 Å². The summed E-state index contributed by atoms with van der Waals surface area (Å²) in [5, 5.41) is 12.3. The van der Waals surface area contributed by atoms with E-state index in [2.05, 4.69) is 25.2 Å². The molecule has 0 heterocycles. The Morgan fingerprint density at radius 3 is 2.46 bits per heavy atom. The quantitative estimate of drug-likeness (QED) is 0.637. The van der Waals surface area contributed by atoms with Gasteiger partial charge in [-0.3, -0.25) is 5.32 Å². The van der Waals surface area contributed by atoms with Crippen LogP contribution in [0.15, 0.2) is 0 Å². The molecule has 0 saturated heterocycles. The van der Waals surface area contributed by atoms with E-state index in [1.54, 1.807) is 7.11 Å². The van der Waals surface area contributed by atoms with Crippen LogP contribution in [0.1, 0.15) is 27.2 Å². The van der Waals surface area contributed by atoms with Gasteiger partial charge in [-0.2, -0.15) is 5.26 Å². The zero-order valence-electron chi connectivity index (χ0n) is 9.05. The second-order valence-electron chi connectivity index (χ2n) is 3.51. The number of nitrogens with zero attached hydrogens (tertiary/aromatic N) is 1. The van der Waals surface area contributed by atoms with E-state index in [1.807, 2.05) is 6.92 Å². The van der Waals surface area contributed by atoms with E-state index in [0.717, 1.165) is 13.0 Å². The van der Waals surface area contributed by atoms with Crippen molar-refractivity contribution in [2.45, 2.75) is 32.7 Å². The van der Waals surface area contributed by atoms with Crippen molar-refractivity contribution in [3.63, 3.8) is 0 Å². The highest BCUT2D eigenvalue weighted by atomic mass is 16.5. The number of ether oxygens (including phenoxy) is 1. The molecule has 3 nitrogen and oxygen atoms in total. The van der Waals surface area contributed by atoms with Gasteiger partial charge in [-0.15, -0.1) is 0 Å². The van der Waals surface area contributed by atoms with Gasteiger partial charge in [-0.05, 0) is 12.3 Å². The summed E-state index contributed by atoms with van der Waals surface area (Å²) < 4.78 is 4.93. The first-order valence-electron chi connectivity index (χ1n) is 4.78. The fraction of sp³-hybridized carbons (Fsp3) is 0.900. The Labute approximate surface area is 81.1 Å². The molecule has 0 amide bonds. The van der Waals surface area contributed by atoms with Gasteiger partial charge in [0.1, 0.15) is 5.54 Å². The lowest BCUT2D eigenvalue weighted by Crippen LogP contribution is -2.49. The summed E-state index contributed by atoms with van der Waals surface area (Å²) in [7, 11) is 1.66. The molecule has 0 aromatic carbocycles. The Bertz CT molecular complexity index is 174. The van der Waals surface area contributed by atoms with Gasteiger partial charge in [-0.1, -0.05) is 20.8 Å². The second-order valence-corrected chi connectivity index (χ2v) is 3.51. The monoisotopic (exact) mass is 184 g/mol. The summed E-state index contributed by atoms with van der Waals surface area (Å²) in [6.45, 7) is 7.54. The number of methoxy groups -OCH3 is 1. The Morgan fingerprint density at radius 1 is 1.54 bits per heavy atom. The predicted octanol–water partition coefficient (Wildman–Crippen LogP) is 1.55. The van der Waals surface area contributed by atoms with Crippen LogP contribution < -0.4 is 5.32 Å². The topological polar surface area (TPSA) is 45.0 Å². The Hall–Kier alpha value is -0.590. The molecule has 0 aromatic rings. The van der Waals surface area contributed by atoms with Crippen molar-refractivity contribution in [2.24, 2.45) is 5.92 Å². The smallest absolute Gasteiger partial charge is 0.108 e. The molecule has 0 aliphatic rings. The van der Waals surface area contributed by atoms with Crippen molar-refractivity contribution in [2.75, 3.05) is 20.3 Å². The molecule has 3 heteroatoms. The first-order chi connectivity index (χ1) is 6.13. The number of hydrogen-bond acceptors (Lipinski definition) is 3. The fourth-order valence-electron chi connectivity index (χ4n) is 1.36. The van der Waals surface area contributed by atoms with E-state index in [-0.39, 0.29) is 0 Å². The molecule has 0 aliphatic heterocycles. The average molecular weight is 184 g/mol. The number of hydrogen-bond donors (Lipinski definition) is 1. The van der Waals surface area contributed by atoms with E-state index < -0.39 is 5.54 Å². The molecular weight excluding hydrogens is 164 g/mol. The van der Waals surface area contributed by atoms with Crippen LogP contribution in [0.2, 0.25) is 0 Å². The molecule has 0 fully saturated rings. The summed E-state index contributed by atoms with van der Waals surface area (Å²) in [6.07, 6.45) is 0.824. The molecule has 76 valence electrons. The molecule has 1 atom stereocenters. The van der Waals surface area contributed by atoms with Crippen LogP contribution in [0.3, 0.4) is 0 Å². The van der Waals surface area contributed by atoms with Crippen LogP contribution in [0.5, 0.6) is 0 Å². The highest BCUT2D eigenvalue weighted by Gasteiger charge is 2.30. The van der Waals surface area contributed by atoms with Gasteiger partial charge in [-0.25, -0.2) is 0 Å². The van der Waals surface area contributed by atoms with Crippen LogP contribution in [0, 0.1) is 17.2 Å². The van der Waals surface area contributed by atoms with Gasteiger partial charge in [0, 0.05) is 13.7 Å². The third-order valence-corrected chi connectivity index (χ3v) is 2.49. The van der Waals surface area contributed by atoms with Crippen molar-refractivity contribution in [3.05, 3.63) is 0 Å². The minimum atomic E-state index is -0.390. The minimum Gasteiger partial charge on any atom is -0.383 e. The van der Waals surface area contributed by atoms with E-state index in [1.165, 1.54) is 0 Å². The number of nitriles is 1. The minimum absolute atomic E-state index is 0.319. The molecule has 0 radical (unpaired) electrons. The van der Waals surface area contributed by atoms with Gasteiger partial charge in [0.2, 0.25) is 0 Å². The van der Waals surface area contributed by atoms with Gasteiger partial charge in [0.05, 0.1) is 12.7 Å². The molecule has 0 saturated carbocycles. The maximum atomic E-state index is 9.09. The lowest BCUT2D eigenvalue weighted by molar-refractivity contribution is 0.181. The molecule has 1 unspecified atom stereocenters.